The summed E-state index contributed by atoms with van der Waals surface area (Å²) in [6, 6.07) is 21.1. The summed E-state index contributed by atoms with van der Waals surface area (Å²) in [5.74, 6) is 1.39. The summed E-state index contributed by atoms with van der Waals surface area (Å²) in [5.41, 5.74) is 5.32. The molecule has 4 heterocycles. The molecule has 2 aromatic rings. The van der Waals surface area contributed by atoms with Crippen molar-refractivity contribution in [1.82, 2.24) is 20.4 Å². The third-order valence-electron chi connectivity index (χ3n) is 14.5. The van der Waals surface area contributed by atoms with Crippen molar-refractivity contribution < 1.29 is 9.59 Å². The number of fused-ring (bicyclic) bond motifs is 10. The molecule has 2 saturated heterocycles. The third-order valence-corrected chi connectivity index (χ3v) is 14.5. The van der Waals surface area contributed by atoms with Crippen molar-refractivity contribution in [3.8, 4) is 0 Å². The molecule has 2 N–H and O–H groups in total. The normalized spacial score (nSPS) is 32.2. The van der Waals surface area contributed by atoms with Gasteiger partial charge in [-0.25, -0.2) is 0 Å². The van der Waals surface area contributed by atoms with Crippen LogP contribution in [-0.4, -0.2) is 46.8 Å². The summed E-state index contributed by atoms with van der Waals surface area (Å²) >= 11 is 0. The van der Waals surface area contributed by atoms with E-state index in [1.54, 1.807) is 22.3 Å². The first-order valence-corrected chi connectivity index (χ1v) is 20.3. The van der Waals surface area contributed by atoms with Crippen LogP contribution in [0.1, 0.15) is 163 Å². The molecule has 6 heteroatoms. The number of carbonyl (C=O) groups excluding carboxylic acids is 2. The molecule has 0 spiro atoms. The van der Waals surface area contributed by atoms with Crippen LogP contribution >= 0.6 is 0 Å². The first-order valence-electron chi connectivity index (χ1n) is 20.3. The second-order valence-corrected chi connectivity index (χ2v) is 16.7. The van der Waals surface area contributed by atoms with Crippen LogP contribution in [0.4, 0.5) is 0 Å². The molecule has 0 unspecified atom stereocenters. The van der Waals surface area contributed by atoms with E-state index in [4.69, 9.17) is 0 Å². The van der Waals surface area contributed by atoms with Crippen molar-refractivity contribution in [2.75, 3.05) is 13.1 Å². The molecule has 49 heavy (non-hydrogen) atoms. The number of nitrogens with zero attached hydrogens (tertiary/aromatic N) is 2. The Labute approximate surface area is 295 Å². The van der Waals surface area contributed by atoms with Gasteiger partial charge >= 0.3 is 0 Å². The van der Waals surface area contributed by atoms with Crippen LogP contribution in [0.2, 0.25) is 0 Å². The van der Waals surface area contributed by atoms with Gasteiger partial charge in [0.1, 0.15) is 5.41 Å². The molecule has 264 valence electrons. The van der Waals surface area contributed by atoms with Crippen molar-refractivity contribution >= 4 is 11.8 Å². The monoisotopic (exact) mass is 664 g/mol. The Kier molecular flexibility index (Phi) is 9.65. The minimum Gasteiger partial charge on any atom is -0.352 e. The van der Waals surface area contributed by atoms with Crippen molar-refractivity contribution in [3.05, 3.63) is 70.8 Å². The highest BCUT2D eigenvalue weighted by molar-refractivity contribution is 6.05. The zero-order chi connectivity index (χ0) is 33.5. The van der Waals surface area contributed by atoms with E-state index in [-0.39, 0.29) is 23.9 Å². The topological polar surface area (TPSA) is 64.7 Å². The predicted octanol–water partition coefficient (Wildman–Crippen LogP) is 8.71. The standard InChI is InChI=1S/C43H60N4O2/c1-3-43(4-2,41(48)44-31-17-13-29(14-18-31)25-27-46-37-21-22-38(46)34-10-6-5-9-33(34)37)42(49)45-32-19-15-30(16-20-32)26-28-47-39-23-24-40(47)36-12-8-7-11-35(36)39/h5-12,29-32,37-40H,3-4,13-28H2,1-2H3,(H,44,48)(H,45,49)/t29?,30?,31?,32?,37-,38+,39-,40+. The summed E-state index contributed by atoms with van der Waals surface area (Å²) < 4.78 is 0. The minimum absolute atomic E-state index is 0.0419. The van der Waals surface area contributed by atoms with Gasteiger partial charge in [0.15, 0.2) is 0 Å². The predicted molar refractivity (Wildman–Crippen MR) is 196 cm³/mol. The first-order chi connectivity index (χ1) is 24.0. The molecule has 2 amide bonds. The number of carbonyl (C=O) groups is 2. The number of nitrogens with one attached hydrogen (secondary N) is 2. The van der Waals surface area contributed by atoms with Crippen LogP contribution < -0.4 is 10.6 Å². The van der Waals surface area contributed by atoms with E-state index in [0.29, 0.717) is 37.0 Å². The minimum atomic E-state index is -0.970. The number of amides is 2. The molecule has 0 aromatic heterocycles. The van der Waals surface area contributed by atoms with Crippen LogP contribution in [0.15, 0.2) is 48.5 Å². The number of rotatable bonds is 12. The fourth-order valence-corrected chi connectivity index (χ4v) is 11.4. The molecule has 4 bridgehead atoms. The van der Waals surface area contributed by atoms with E-state index < -0.39 is 5.41 Å². The van der Waals surface area contributed by atoms with Gasteiger partial charge in [-0.2, -0.15) is 0 Å². The van der Waals surface area contributed by atoms with Crippen LogP contribution in [0.25, 0.3) is 0 Å². The van der Waals surface area contributed by atoms with Gasteiger partial charge in [0.25, 0.3) is 0 Å². The van der Waals surface area contributed by atoms with Crippen molar-refractivity contribution in [3.63, 3.8) is 0 Å². The average molecular weight is 665 g/mol. The SMILES string of the molecule is CCC(CC)(C(=O)NC1CCC(CCN2[C@@H]3CC[C@H]2c2ccccc23)CC1)C(=O)NC1CCC(CCN2[C@@H]3CC[C@H]2c2ccccc23)CC1. The van der Waals surface area contributed by atoms with Gasteiger partial charge in [0.2, 0.25) is 11.8 Å². The lowest BCUT2D eigenvalue weighted by Crippen LogP contribution is -2.55. The maximum absolute atomic E-state index is 13.9. The van der Waals surface area contributed by atoms with Crippen LogP contribution in [0, 0.1) is 17.3 Å². The molecular weight excluding hydrogens is 604 g/mol. The summed E-state index contributed by atoms with van der Waals surface area (Å²) in [7, 11) is 0. The van der Waals surface area contributed by atoms with Gasteiger partial charge in [-0.05, 0) is 150 Å². The van der Waals surface area contributed by atoms with Crippen LogP contribution in [0.3, 0.4) is 0 Å². The summed E-state index contributed by atoms with van der Waals surface area (Å²) in [4.78, 5) is 33.3. The molecule has 4 atom stereocenters. The Hall–Kier alpha value is -2.70. The molecule has 2 aliphatic carbocycles. The summed E-state index contributed by atoms with van der Waals surface area (Å²) in [6.07, 6.45) is 17.7. The largest absolute Gasteiger partial charge is 0.352 e. The molecule has 6 nitrogen and oxygen atoms in total. The Balaban J connectivity index is 0.768. The molecule has 4 aliphatic heterocycles. The van der Waals surface area contributed by atoms with E-state index in [2.05, 4.69) is 69.0 Å². The van der Waals surface area contributed by atoms with E-state index in [1.807, 2.05) is 13.8 Å². The zero-order valence-electron chi connectivity index (χ0n) is 30.2. The van der Waals surface area contributed by atoms with E-state index in [0.717, 1.165) is 37.5 Å². The lowest BCUT2D eigenvalue weighted by atomic mass is 9.78. The number of hydrogen-bond donors (Lipinski definition) is 2. The number of hydrogen-bond acceptors (Lipinski definition) is 4. The van der Waals surface area contributed by atoms with E-state index in [9.17, 15) is 9.59 Å². The van der Waals surface area contributed by atoms with Crippen molar-refractivity contribution in [2.24, 2.45) is 17.3 Å². The Morgan fingerprint density at radius 3 is 1.18 bits per heavy atom. The molecule has 2 aromatic carbocycles. The highest BCUT2D eigenvalue weighted by Gasteiger charge is 2.46. The second-order valence-electron chi connectivity index (χ2n) is 16.7. The smallest absolute Gasteiger partial charge is 0.235 e. The van der Waals surface area contributed by atoms with Gasteiger partial charge in [-0.1, -0.05) is 62.4 Å². The van der Waals surface area contributed by atoms with Crippen LogP contribution in [-0.2, 0) is 9.59 Å². The summed E-state index contributed by atoms with van der Waals surface area (Å²) in [5, 5.41) is 6.78. The van der Waals surface area contributed by atoms with Gasteiger partial charge in [0.05, 0.1) is 0 Å². The average Bonchev–Trinajstić information content (AvgIpc) is 3.90. The Bertz CT molecular complexity index is 1320. The van der Waals surface area contributed by atoms with Crippen molar-refractivity contribution in [1.29, 1.82) is 0 Å². The van der Waals surface area contributed by atoms with Crippen molar-refractivity contribution in [2.45, 2.75) is 153 Å². The first kappa shape index (κ1) is 33.4. The molecule has 4 fully saturated rings. The molecule has 6 aliphatic rings. The van der Waals surface area contributed by atoms with Gasteiger partial charge < -0.3 is 10.6 Å². The number of benzene rings is 2. The molecule has 0 radical (unpaired) electrons. The Morgan fingerprint density at radius 2 is 0.878 bits per heavy atom. The Morgan fingerprint density at radius 1 is 0.551 bits per heavy atom. The van der Waals surface area contributed by atoms with Crippen LogP contribution in [0.5, 0.6) is 0 Å². The third kappa shape index (κ3) is 6.17. The van der Waals surface area contributed by atoms with Gasteiger partial charge in [-0.3, -0.25) is 19.4 Å². The second kappa shape index (κ2) is 14.1. The fraction of sp³-hybridized carbons (Fsp3) is 0.674. The lowest BCUT2D eigenvalue weighted by molar-refractivity contribution is -0.145. The van der Waals surface area contributed by atoms with Gasteiger partial charge in [-0.15, -0.1) is 0 Å². The maximum atomic E-state index is 13.9. The molecular formula is C43H60N4O2. The highest BCUT2D eigenvalue weighted by Crippen LogP contribution is 2.54. The fourth-order valence-electron chi connectivity index (χ4n) is 11.4. The summed E-state index contributed by atoms with van der Waals surface area (Å²) in [6.45, 7) is 6.42. The quantitative estimate of drug-likeness (QED) is 0.223. The highest BCUT2D eigenvalue weighted by atomic mass is 16.2. The van der Waals surface area contributed by atoms with E-state index in [1.165, 1.54) is 77.3 Å². The lowest BCUT2D eigenvalue weighted by Gasteiger charge is -2.36. The van der Waals surface area contributed by atoms with E-state index >= 15 is 0 Å². The molecule has 2 saturated carbocycles. The van der Waals surface area contributed by atoms with Gasteiger partial charge in [0, 0.05) is 36.3 Å². The molecule has 8 rings (SSSR count). The maximum Gasteiger partial charge on any atom is 0.235 e. The zero-order valence-corrected chi connectivity index (χ0v) is 30.2.